The van der Waals surface area contributed by atoms with Crippen molar-refractivity contribution in [3.05, 3.63) is 50.3 Å². The number of halogens is 1. The van der Waals surface area contributed by atoms with Crippen LogP contribution in [-0.4, -0.2) is 23.3 Å². The summed E-state index contributed by atoms with van der Waals surface area (Å²) in [5.41, 5.74) is 3.71. The summed E-state index contributed by atoms with van der Waals surface area (Å²) >= 11 is 6.22. The number of benzene rings is 1. The third kappa shape index (κ3) is 3.36. The Hall–Kier alpha value is -1.57. The maximum Gasteiger partial charge on any atom is 0.310 e. The SMILES string of the molecule is CCOC(=O)Cc1c(C(=O)c2ccc(Br)cc2)sc2scnc12. The zero-order valence-electron chi connectivity index (χ0n) is 12.2. The van der Waals surface area contributed by atoms with Crippen molar-refractivity contribution in [2.45, 2.75) is 13.3 Å². The van der Waals surface area contributed by atoms with Gasteiger partial charge in [-0.05, 0) is 31.2 Å². The van der Waals surface area contributed by atoms with Crippen LogP contribution in [0.2, 0.25) is 0 Å². The van der Waals surface area contributed by atoms with Gasteiger partial charge in [-0.3, -0.25) is 9.59 Å². The molecule has 0 N–H and O–H groups in total. The molecule has 0 radical (unpaired) electrons. The summed E-state index contributed by atoms with van der Waals surface area (Å²) in [4.78, 5) is 29.5. The van der Waals surface area contributed by atoms with Gasteiger partial charge in [-0.25, -0.2) is 4.98 Å². The first-order chi connectivity index (χ1) is 11.1. The molecule has 0 saturated carbocycles. The largest absolute Gasteiger partial charge is 0.466 e. The van der Waals surface area contributed by atoms with Gasteiger partial charge in [0.2, 0.25) is 5.78 Å². The number of hydrogen-bond donors (Lipinski definition) is 0. The number of ketones is 1. The lowest BCUT2D eigenvalue weighted by molar-refractivity contribution is -0.142. The molecule has 4 nitrogen and oxygen atoms in total. The third-order valence-electron chi connectivity index (χ3n) is 3.23. The molecule has 0 aliphatic rings. The van der Waals surface area contributed by atoms with Crippen LogP contribution in [0.4, 0.5) is 0 Å². The summed E-state index contributed by atoms with van der Waals surface area (Å²) in [7, 11) is 0. The van der Waals surface area contributed by atoms with E-state index in [0.29, 0.717) is 22.6 Å². The van der Waals surface area contributed by atoms with E-state index in [-0.39, 0.29) is 18.2 Å². The highest BCUT2D eigenvalue weighted by atomic mass is 79.9. The van der Waals surface area contributed by atoms with Gasteiger partial charge in [0.1, 0.15) is 4.01 Å². The molecule has 0 aliphatic heterocycles. The van der Waals surface area contributed by atoms with E-state index in [1.807, 2.05) is 12.1 Å². The smallest absolute Gasteiger partial charge is 0.310 e. The standard InChI is InChI=1S/C16H12BrNO3S2/c1-2-21-12(19)7-11-13-16(22-8-18-13)23-15(11)14(20)9-3-5-10(17)6-4-9/h3-6,8H,2,7H2,1H3. The fourth-order valence-electron chi connectivity index (χ4n) is 2.21. The van der Waals surface area contributed by atoms with Gasteiger partial charge in [-0.2, -0.15) is 0 Å². The number of esters is 1. The van der Waals surface area contributed by atoms with E-state index in [1.165, 1.54) is 22.7 Å². The second-order valence-corrected chi connectivity index (χ2v) is 7.77. The molecule has 0 atom stereocenters. The van der Waals surface area contributed by atoms with Crippen LogP contribution in [0.25, 0.3) is 9.53 Å². The molecule has 0 spiro atoms. The van der Waals surface area contributed by atoms with Gasteiger partial charge in [0.25, 0.3) is 0 Å². The van der Waals surface area contributed by atoms with Crippen molar-refractivity contribution in [1.29, 1.82) is 0 Å². The molecule has 0 fully saturated rings. The lowest BCUT2D eigenvalue weighted by Crippen LogP contribution is -2.10. The number of rotatable bonds is 5. The molecule has 0 aliphatic carbocycles. The van der Waals surface area contributed by atoms with Crippen molar-refractivity contribution in [3.8, 4) is 0 Å². The van der Waals surface area contributed by atoms with E-state index in [0.717, 1.165) is 14.0 Å². The Labute approximate surface area is 149 Å². The number of aromatic nitrogens is 1. The second kappa shape index (κ2) is 6.90. The minimum atomic E-state index is -0.343. The van der Waals surface area contributed by atoms with Crippen molar-refractivity contribution < 1.29 is 14.3 Å². The van der Waals surface area contributed by atoms with Crippen LogP contribution in [0.3, 0.4) is 0 Å². The van der Waals surface area contributed by atoms with Gasteiger partial charge >= 0.3 is 5.97 Å². The van der Waals surface area contributed by atoms with E-state index in [2.05, 4.69) is 20.9 Å². The fourth-order valence-corrected chi connectivity index (χ4v) is 4.54. The van der Waals surface area contributed by atoms with Crippen molar-refractivity contribution in [2.75, 3.05) is 6.61 Å². The molecule has 7 heteroatoms. The number of carbonyl (C=O) groups excluding carboxylic acids is 2. The normalized spacial score (nSPS) is 10.9. The van der Waals surface area contributed by atoms with Gasteiger partial charge in [-0.1, -0.05) is 15.9 Å². The van der Waals surface area contributed by atoms with Crippen LogP contribution in [0, 0.1) is 0 Å². The van der Waals surface area contributed by atoms with Crippen molar-refractivity contribution in [2.24, 2.45) is 0 Å². The summed E-state index contributed by atoms with van der Waals surface area (Å²) in [6, 6.07) is 7.18. The second-order valence-electron chi connectivity index (χ2n) is 4.72. The number of fused-ring (bicyclic) bond motifs is 1. The van der Waals surface area contributed by atoms with Gasteiger partial charge < -0.3 is 4.74 Å². The lowest BCUT2D eigenvalue weighted by atomic mass is 10.0. The van der Waals surface area contributed by atoms with E-state index in [9.17, 15) is 9.59 Å². The Balaban J connectivity index is 2.02. The third-order valence-corrected chi connectivity index (χ3v) is 5.93. The predicted molar refractivity (Wildman–Crippen MR) is 95.4 cm³/mol. The first-order valence-corrected chi connectivity index (χ1v) is 9.39. The van der Waals surface area contributed by atoms with Crippen LogP contribution in [0.5, 0.6) is 0 Å². The summed E-state index contributed by atoms with van der Waals surface area (Å²) in [6.45, 7) is 2.08. The Morgan fingerprint density at radius 3 is 2.70 bits per heavy atom. The molecule has 1 aromatic carbocycles. The van der Waals surface area contributed by atoms with Gasteiger partial charge in [0.05, 0.1) is 28.9 Å². The summed E-state index contributed by atoms with van der Waals surface area (Å²) in [6.07, 6.45) is 0.0647. The Morgan fingerprint density at radius 2 is 2.00 bits per heavy atom. The molecule has 0 unspecified atom stereocenters. The minimum absolute atomic E-state index is 0.0647. The maximum atomic E-state index is 12.8. The fraction of sp³-hybridized carbons (Fsp3) is 0.188. The number of hydrogen-bond acceptors (Lipinski definition) is 6. The molecule has 0 amide bonds. The van der Waals surface area contributed by atoms with Crippen LogP contribution in [-0.2, 0) is 16.0 Å². The maximum absolute atomic E-state index is 12.8. The number of nitrogens with zero attached hydrogens (tertiary/aromatic N) is 1. The Bertz CT molecular complexity index is 867. The van der Waals surface area contributed by atoms with Crippen molar-refractivity contribution in [1.82, 2.24) is 4.98 Å². The highest BCUT2D eigenvalue weighted by Crippen LogP contribution is 2.35. The summed E-state index contributed by atoms with van der Waals surface area (Å²) < 4.78 is 6.88. The van der Waals surface area contributed by atoms with E-state index < -0.39 is 0 Å². The molecule has 23 heavy (non-hydrogen) atoms. The first kappa shape index (κ1) is 16.3. The van der Waals surface area contributed by atoms with E-state index in [4.69, 9.17) is 4.74 Å². The zero-order valence-corrected chi connectivity index (χ0v) is 15.4. The van der Waals surface area contributed by atoms with Crippen molar-refractivity contribution in [3.63, 3.8) is 0 Å². The van der Waals surface area contributed by atoms with Gasteiger partial charge in [0, 0.05) is 15.6 Å². The van der Waals surface area contributed by atoms with E-state index in [1.54, 1.807) is 24.6 Å². The molecule has 0 bridgehead atoms. The number of thiazole rings is 1. The molecule has 118 valence electrons. The van der Waals surface area contributed by atoms with Gasteiger partial charge in [-0.15, -0.1) is 22.7 Å². The Kier molecular flexibility index (Phi) is 4.89. The monoisotopic (exact) mass is 409 g/mol. The number of carbonyl (C=O) groups is 2. The van der Waals surface area contributed by atoms with Gasteiger partial charge in [0.15, 0.2) is 0 Å². The highest BCUT2D eigenvalue weighted by Gasteiger charge is 2.23. The minimum Gasteiger partial charge on any atom is -0.466 e. The molecule has 2 heterocycles. The Morgan fingerprint density at radius 1 is 1.26 bits per heavy atom. The lowest BCUT2D eigenvalue weighted by Gasteiger charge is -2.04. The molecule has 3 rings (SSSR count). The van der Waals surface area contributed by atoms with Crippen molar-refractivity contribution >= 4 is 59.9 Å². The van der Waals surface area contributed by atoms with E-state index >= 15 is 0 Å². The number of ether oxygens (including phenoxy) is 1. The van der Waals surface area contributed by atoms with Crippen LogP contribution in [0.1, 0.15) is 27.7 Å². The zero-order chi connectivity index (χ0) is 16.4. The summed E-state index contributed by atoms with van der Waals surface area (Å²) in [5.74, 6) is -0.433. The number of thiophene rings is 1. The average molecular weight is 410 g/mol. The first-order valence-electron chi connectivity index (χ1n) is 6.91. The van der Waals surface area contributed by atoms with Crippen LogP contribution in [0.15, 0.2) is 34.2 Å². The highest BCUT2D eigenvalue weighted by molar-refractivity contribution is 9.10. The quantitative estimate of drug-likeness (QED) is 0.461. The molecular weight excluding hydrogens is 398 g/mol. The topological polar surface area (TPSA) is 56.3 Å². The summed E-state index contributed by atoms with van der Waals surface area (Å²) in [5, 5.41) is 0. The van der Waals surface area contributed by atoms with Crippen LogP contribution < -0.4 is 0 Å². The molecule has 3 aromatic rings. The molecule has 2 aromatic heterocycles. The van der Waals surface area contributed by atoms with Crippen LogP contribution >= 0.6 is 38.6 Å². The average Bonchev–Trinajstić information content (AvgIpc) is 3.10. The molecule has 0 saturated heterocycles. The molecular formula is C16H12BrNO3S2. The predicted octanol–water partition coefficient (Wildman–Crippen LogP) is 4.46.